The Balaban J connectivity index is 0.00000364. The van der Waals surface area contributed by atoms with Gasteiger partial charge in [0.05, 0.1) is 6.54 Å². The number of likely N-dealkylation sites (tertiary alicyclic amines) is 1. The summed E-state index contributed by atoms with van der Waals surface area (Å²) in [5.41, 5.74) is 6.64. The van der Waals surface area contributed by atoms with E-state index in [1.54, 1.807) is 0 Å². The molecule has 1 aromatic carbocycles. The average Bonchev–Trinajstić information content (AvgIpc) is 2.57. The highest BCUT2D eigenvalue weighted by Gasteiger charge is 2.30. The summed E-state index contributed by atoms with van der Waals surface area (Å²) < 4.78 is 40.2. The third-order valence-electron chi connectivity index (χ3n) is 4.48. The van der Waals surface area contributed by atoms with E-state index in [9.17, 15) is 13.2 Å². The summed E-state index contributed by atoms with van der Waals surface area (Å²) in [4.78, 5) is 6.68. The van der Waals surface area contributed by atoms with E-state index >= 15 is 0 Å². The van der Waals surface area contributed by atoms with Crippen molar-refractivity contribution < 1.29 is 17.9 Å². The van der Waals surface area contributed by atoms with Crippen LogP contribution in [0.5, 0.6) is 5.75 Å². The fourth-order valence-electron chi connectivity index (χ4n) is 3.04. The molecule has 1 aliphatic heterocycles. The van der Waals surface area contributed by atoms with Gasteiger partial charge < -0.3 is 15.8 Å². The lowest BCUT2D eigenvalue weighted by atomic mass is 9.99. The standard InChI is InChI=1S/C18H27F3N4O.HI/c1-13-4-3-9-25(12-13)14(2)10-23-17(22)24-11-15-5-7-16(8-6-15)26-18(19,20)21;/h5-8,13-14H,3-4,9-12H2,1-2H3,(H3,22,23,24);1H. The number of hydrogen-bond acceptors (Lipinski definition) is 3. The summed E-state index contributed by atoms with van der Waals surface area (Å²) in [5, 5.41) is 3.12. The first-order valence-electron chi connectivity index (χ1n) is 8.85. The highest BCUT2D eigenvalue weighted by atomic mass is 127. The Kier molecular flexibility index (Phi) is 9.65. The first-order valence-corrected chi connectivity index (χ1v) is 8.85. The molecule has 0 spiro atoms. The normalized spacial score (nSPS) is 19.9. The highest BCUT2D eigenvalue weighted by Crippen LogP contribution is 2.22. The molecule has 0 saturated carbocycles. The number of aliphatic imine (C=N–C) groups is 1. The smallest absolute Gasteiger partial charge is 0.406 e. The summed E-state index contributed by atoms with van der Waals surface area (Å²) in [5.74, 6) is 0.806. The van der Waals surface area contributed by atoms with Crippen LogP contribution in [0.2, 0.25) is 0 Å². The summed E-state index contributed by atoms with van der Waals surface area (Å²) in [6.45, 7) is 7.65. The number of guanidine groups is 1. The van der Waals surface area contributed by atoms with Crippen LogP contribution in [0.3, 0.4) is 0 Å². The van der Waals surface area contributed by atoms with Crippen molar-refractivity contribution in [3.8, 4) is 5.75 Å². The Morgan fingerprint density at radius 1 is 1.37 bits per heavy atom. The second-order valence-electron chi connectivity index (χ2n) is 6.87. The monoisotopic (exact) mass is 500 g/mol. The number of ether oxygens (including phenoxy) is 1. The van der Waals surface area contributed by atoms with Crippen LogP contribution >= 0.6 is 24.0 Å². The van der Waals surface area contributed by atoms with Gasteiger partial charge in [-0.05, 0) is 49.9 Å². The maximum absolute atomic E-state index is 12.1. The molecule has 0 aromatic heterocycles. The molecular weight excluding hydrogens is 472 g/mol. The van der Waals surface area contributed by atoms with E-state index in [0.717, 1.165) is 24.6 Å². The highest BCUT2D eigenvalue weighted by molar-refractivity contribution is 14.0. The maximum atomic E-state index is 12.1. The van der Waals surface area contributed by atoms with Gasteiger partial charge in [-0.15, -0.1) is 37.1 Å². The second-order valence-corrected chi connectivity index (χ2v) is 6.87. The van der Waals surface area contributed by atoms with Crippen molar-refractivity contribution in [2.24, 2.45) is 16.6 Å². The van der Waals surface area contributed by atoms with Gasteiger partial charge in [-0.1, -0.05) is 19.1 Å². The van der Waals surface area contributed by atoms with E-state index in [1.165, 1.54) is 37.1 Å². The fourth-order valence-corrected chi connectivity index (χ4v) is 3.04. The quantitative estimate of drug-likeness (QED) is 0.355. The van der Waals surface area contributed by atoms with Crippen LogP contribution in [-0.2, 0) is 6.54 Å². The van der Waals surface area contributed by atoms with Gasteiger partial charge in [0, 0.05) is 19.1 Å². The molecule has 0 amide bonds. The lowest BCUT2D eigenvalue weighted by Crippen LogP contribution is -2.47. The first-order chi connectivity index (χ1) is 12.2. The number of rotatable bonds is 6. The molecule has 0 radical (unpaired) electrons. The molecule has 1 aromatic rings. The molecule has 5 nitrogen and oxygen atoms in total. The minimum atomic E-state index is -4.68. The molecule has 9 heteroatoms. The zero-order chi connectivity index (χ0) is 19.2. The number of alkyl halides is 3. The van der Waals surface area contributed by atoms with Gasteiger partial charge in [-0.25, -0.2) is 4.99 Å². The Morgan fingerprint density at radius 2 is 2.04 bits per heavy atom. The van der Waals surface area contributed by atoms with Crippen molar-refractivity contribution in [2.75, 3.05) is 19.6 Å². The first kappa shape index (κ1) is 23.8. The van der Waals surface area contributed by atoms with Crippen molar-refractivity contribution >= 4 is 29.9 Å². The number of nitrogens with two attached hydrogens (primary N) is 1. The van der Waals surface area contributed by atoms with E-state index in [1.807, 2.05) is 0 Å². The maximum Gasteiger partial charge on any atom is 0.573 e. The van der Waals surface area contributed by atoms with E-state index in [2.05, 4.69) is 33.8 Å². The fraction of sp³-hybridized carbons (Fsp3) is 0.611. The molecule has 2 unspecified atom stereocenters. The Labute approximate surface area is 175 Å². The molecular formula is C18H28F3IN4O. The van der Waals surface area contributed by atoms with E-state index in [0.29, 0.717) is 25.1 Å². The predicted octanol–water partition coefficient (Wildman–Crippen LogP) is 3.73. The number of nitrogens with zero attached hydrogens (tertiary/aromatic N) is 2. The molecule has 1 aliphatic rings. The molecule has 0 bridgehead atoms. The number of hydrogen-bond donors (Lipinski definition) is 2. The molecule has 1 fully saturated rings. The van der Waals surface area contributed by atoms with E-state index < -0.39 is 6.36 Å². The zero-order valence-corrected chi connectivity index (χ0v) is 18.0. The molecule has 27 heavy (non-hydrogen) atoms. The van der Waals surface area contributed by atoms with Crippen LogP contribution in [0.15, 0.2) is 29.3 Å². The Hall–Kier alpha value is -1.23. The molecule has 154 valence electrons. The molecule has 1 saturated heterocycles. The van der Waals surface area contributed by atoms with Crippen molar-refractivity contribution in [1.29, 1.82) is 0 Å². The van der Waals surface area contributed by atoms with E-state index in [4.69, 9.17) is 5.73 Å². The van der Waals surface area contributed by atoms with Gasteiger partial charge in [-0.3, -0.25) is 4.90 Å². The van der Waals surface area contributed by atoms with Crippen LogP contribution in [0.1, 0.15) is 32.3 Å². The van der Waals surface area contributed by atoms with Gasteiger partial charge in [0.25, 0.3) is 0 Å². The molecule has 2 rings (SSSR count). The molecule has 1 heterocycles. The summed E-state index contributed by atoms with van der Waals surface area (Å²) >= 11 is 0. The van der Waals surface area contributed by atoms with Crippen molar-refractivity contribution in [3.05, 3.63) is 29.8 Å². The summed E-state index contributed by atoms with van der Waals surface area (Å²) in [6, 6.07) is 5.97. The van der Waals surface area contributed by atoms with Gasteiger partial charge in [0.15, 0.2) is 5.96 Å². The Morgan fingerprint density at radius 3 is 2.63 bits per heavy atom. The van der Waals surface area contributed by atoms with Crippen LogP contribution in [0.25, 0.3) is 0 Å². The lowest BCUT2D eigenvalue weighted by Gasteiger charge is -2.35. The predicted molar refractivity (Wildman–Crippen MR) is 111 cm³/mol. The van der Waals surface area contributed by atoms with Crippen LogP contribution in [0, 0.1) is 5.92 Å². The SMILES string of the molecule is CC1CCCN(C(C)CNC(N)=NCc2ccc(OC(F)(F)F)cc2)C1.I. The lowest BCUT2D eigenvalue weighted by molar-refractivity contribution is -0.274. The van der Waals surface area contributed by atoms with Crippen molar-refractivity contribution in [1.82, 2.24) is 10.2 Å². The van der Waals surface area contributed by atoms with Crippen LogP contribution in [-0.4, -0.2) is 42.9 Å². The van der Waals surface area contributed by atoms with Gasteiger partial charge >= 0.3 is 6.36 Å². The van der Waals surface area contributed by atoms with Crippen LogP contribution in [0.4, 0.5) is 13.2 Å². The van der Waals surface area contributed by atoms with Gasteiger partial charge in [-0.2, -0.15) is 0 Å². The van der Waals surface area contributed by atoms with Crippen molar-refractivity contribution in [3.63, 3.8) is 0 Å². The van der Waals surface area contributed by atoms with E-state index in [-0.39, 0.29) is 29.7 Å². The molecule has 0 aliphatic carbocycles. The third kappa shape index (κ3) is 9.00. The number of nitrogens with one attached hydrogen (secondary N) is 1. The Bertz CT molecular complexity index is 595. The molecule has 2 atom stereocenters. The van der Waals surface area contributed by atoms with Crippen LogP contribution < -0.4 is 15.8 Å². The average molecular weight is 500 g/mol. The largest absolute Gasteiger partial charge is 0.573 e. The number of piperidine rings is 1. The number of halogens is 4. The molecule has 3 N–H and O–H groups in total. The van der Waals surface area contributed by atoms with Gasteiger partial charge in [0.2, 0.25) is 0 Å². The van der Waals surface area contributed by atoms with Gasteiger partial charge in [0.1, 0.15) is 5.75 Å². The zero-order valence-electron chi connectivity index (χ0n) is 15.6. The minimum Gasteiger partial charge on any atom is -0.406 e. The minimum absolute atomic E-state index is 0. The third-order valence-corrected chi connectivity index (χ3v) is 4.48. The van der Waals surface area contributed by atoms with Crippen molar-refractivity contribution in [2.45, 2.75) is 45.6 Å². The second kappa shape index (κ2) is 10.9. The summed E-state index contributed by atoms with van der Waals surface area (Å²) in [7, 11) is 0. The number of benzene rings is 1. The topological polar surface area (TPSA) is 62.9 Å². The summed E-state index contributed by atoms with van der Waals surface area (Å²) in [6.07, 6.45) is -2.17.